The molecule has 0 fully saturated rings. The van der Waals surface area contributed by atoms with Crippen LogP contribution in [0.1, 0.15) is 90.9 Å². The molecule has 0 atom stereocenters. The molecule has 0 heterocycles. The molecule has 0 spiro atoms. The summed E-state index contributed by atoms with van der Waals surface area (Å²) in [6.07, 6.45) is 16.3. The Kier molecular flexibility index (Phi) is 20.3. The van der Waals surface area contributed by atoms with Crippen LogP contribution >= 0.6 is 15.6 Å². The number of ether oxygens (including phenoxy) is 1. The summed E-state index contributed by atoms with van der Waals surface area (Å²) in [6.45, 7) is 6.51. The van der Waals surface area contributed by atoms with E-state index in [2.05, 4.69) is 18.2 Å². The molecular formula is C16H38O8P2. The number of hydrogen-bond donors (Lipinski definition) is 4. The van der Waals surface area contributed by atoms with Crippen LogP contribution in [0, 0.1) is 0 Å². The van der Waals surface area contributed by atoms with Gasteiger partial charge in [0.1, 0.15) is 0 Å². The van der Waals surface area contributed by atoms with Crippen LogP contribution in [0.4, 0.5) is 0 Å². The van der Waals surface area contributed by atoms with Crippen LogP contribution in [0.25, 0.3) is 0 Å². The first-order chi connectivity index (χ1) is 12.1. The lowest BCUT2D eigenvalue weighted by Gasteiger charge is -2.04. The van der Waals surface area contributed by atoms with E-state index in [-0.39, 0.29) is 0 Å². The van der Waals surface area contributed by atoms with Gasteiger partial charge in [-0.1, -0.05) is 78.1 Å². The minimum absolute atomic E-state index is 0.987. The van der Waals surface area contributed by atoms with Gasteiger partial charge < -0.3 is 24.3 Å². The van der Waals surface area contributed by atoms with Gasteiger partial charge in [0.15, 0.2) is 0 Å². The number of phosphoric acid groups is 2. The summed E-state index contributed by atoms with van der Waals surface area (Å²) in [7, 11) is -10.1. The molecule has 160 valence electrons. The van der Waals surface area contributed by atoms with E-state index in [0.29, 0.717) is 0 Å². The molecule has 0 aliphatic carbocycles. The first-order valence-electron chi connectivity index (χ1n) is 9.52. The highest BCUT2D eigenvalue weighted by molar-refractivity contribution is 7.60. The maximum atomic E-state index is 9.63. The van der Waals surface area contributed by atoms with Crippen molar-refractivity contribution in [3.63, 3.8) is 0 Å². The third-order valence-corrected chi connectivity index (χ3v) is 5.20. The van der Waals surface area contributed by atoms with Crippen LogP contribution in [0.3, 0.4) is 0 Å². The second kappa shape index (κ2) is 18.6. The quantitative estimate of drug-likeness (QED) is 0.204. The standard InChI is InChI=1S/C16H34O.H4O7P2/c1-3-5-7-9-11-13-15-17-16-14-12-10-8-6-4-2;1-8(2,3)7-9(4,5)6/h3-16H2,1-2H3;(H2,1,2,3)(H2,4,5,6). The van der Waals surface area contributed by atoms with Crippen LogP contribution in [-0.4, -0.2) is 32.8 Å². The van der Waals surface area contributed by atoms with E-state index >= 15 is 0 Å². The largest absolute Gasteiger partial charge is 0.478 e. The molecule has 8 nitrogen and oxygen atoms in total. The molecule has 0 amide bonds. The fraction of sp³-hybridized carbons (Fsp3) is 1.00. The maximum Gasteiger partial charge on any atom is 0.478 e. The molecule has 0 unspecified atom stereocenters. The third-order valence-electron chi connectivity index (χ3n) is 3.50. The monoisotopic (exact) mass is 420 g/mol. The van der Waals surface area contributed by atoms with E-state index in [1.807, 2.05) is 0 Å². The van der Waals surface area contributed by atoms with E-state index in [1.165, 1.54) is 77.0 Å². The first-order valence-corrected chi connectivity index (χ1v) is 12.6. The Labute approximate surface area is 158 Å². The SMILES string of the molecule is CCCCCCCCOCCCCCCCC.O=P(O)(O)OP(=O)(O)O. The average Bonchev–Trinajstić information content (AvgIpc) is 2.49. The zero-order chi connectivity index (χ0) is 20.3. The lowest BCUT2D eigenvalue weighted by Crippen LogP contribution is -1.97. The van der Waals surface area contributed by atoms with Gasteiger partial charge in [-0.2, -0.15) is 4.31 Å². The van der Waals surface area contributed by atoms with Gasteiger partial charge in [-0.15, -0.1) is 0 Å². The van der Waals surface area contributed by atoms with Gasteiger partial charge in [-0.25, -0.2) is 9.13 Å². The molecule has 0 aliphatic heterocycles. The van der Waals surface area contributed by atoms with E-state index in [1.54, 1.807) is 0 Å². The van der Waals surface area contributed by atoms with E-state index in [9.17, 15) is 9.13 Å². The molecular weight excluding hydrogens is 382 g/mol. The van der Waals surface area contributed by atoms with Crippen molar-refractivity contribution in [3.05, 3.63) is 0 Å². The first kappa shape index (κ1) is 28.4. The molecule has 0 radical (unpaired) electrons. The molecule has 0 saturated carbocycles. The van der Waals surface area contributed by atoms with Gasteiger partial charge in [0.2, 0.25) is 0 Å². The molecule has 0 aromatic carbocycles. The Morgan fingerprint density at radius 3 is 1.15 bits per heavy atom. The molecule has 0 rings (SSSR count). The lowest BCUT2D eigenvalue weighted by atomic mass is 10.1. The Morgan fingerprint density at radius 2 is 0.885 bits per heavy atom. The van der Waals surface area contributed by atoms with E-state index in [0.717, 1.165) is 13.2 Å². The Hall–Kier alpha value is 0.220. The van der Waals surface area contributed by atoms with Crippen molar-refractivity contribution in [2.45, 2.75) is 90.9 Å². The van der Waals surface area contributed by atoms with Crippen LogP contribution in [0.15, 0.2) is 0 Å². The minimum atomic E-state index is -5.05. The topological polar surface area (TPSA) is 134 Å². The predicted molar refractivity (Wildman–Crippen MR) is 103 cm³/mol. The van der Waals surface area contributed by atoms with Crippen molar-refractivity contribution in [2.75, 3.05) is 13.2 Å². The number of hydrogen-bond acceptors (Lipinski definition) is 4. The van der Waals surface area contributed by atoms with Gasteiger partial charge in [-0.05, 0) is 12.8 Å². The summed E-state index contributed by atoms with van der Waals surface area (Å²) in [5.41, 5.74) is 0. The van der Waals surface area contributed by atoms with Crippen LogP contribution in [0.2, 0.25) is 0 Å². The summed E-state index contributed by atoms with van der Waals surface area (Å²) >= 11 is 0. The molecule has 0 saturated heterocycles. The van der Waals surface area contributed by atoms with Gasteiger partial charge in [0.05, 0.1) is 0 Å². The molecule has 0 aliphatic rings. The molecule has 0 aromatic rings. The molecule has 0 aromatic heterocycles. The van der Waals surface area contributed by atoms with Crippen molar-refractivity contribution >= 4 is 15.6 Å². The Morgan fingerprint density at radius 1 is 0.577 bits per heavy atom. The van der Waals surface area contributed by atoms with Gasteiger partial charge in [-0.3, -0.25) is 0 Å². The predicted octanol–water partition coefficient (Wildman–Crippen LogP) is 4.91. The third kappa shape index (κ3) is 31.9. The van der Waals surface area contributed by atoms with Crippen LogP contribution in [-0.2, 0) is 18.2 Å². The van der Waals surface area contributed by atoms with Crippen molar-refractivity contribution < 1.29 is 37.8 Å². The highest BCUT2D eigenvalue weighted by Crippen LogP contribution is 2.53. The normalized spacial score (nSPS) is 11.9. The average molecular weight is 420 g/mol. The molecule has 26 heavy (non-hydrogen) atoms. The summed E-state index contributed by atoms with van der Waals surface area (Å²) in [4.78, 5) is 31.0. The van der Waals surface area contributed by atoms with Crippen molar-refractivity contribution in [3.8, 4) is 0 Å². The highest BCUT2D eigenvalue weighted by atomic mass is 31.3. The van der Waals surface area contributed by atoms with Gasteiger partial charge in [0, 0.05) is 13.2 Å². The zero-order valence-electron chi connectivity index (χ0n) is 16.2. The summed E-state index contributed by atoms with van der Waals surface area (Å²) in [5.74, 6) is 0. The smallest absolute Gasteiger partial charge is 0.381 e. The van der Waals surface area contributed by atoms with Gasteiger partial charge >= 0.3 is 15.6 Å². The maximum absolute atomic E-state index is 9.63. The van der Waals surface area contributed by atoms with Crippen LogP contribution in [0.5, 0.6) is 0 Å². The minimum Gasteiger partial charge on any atom is -0.381 e. The summed E-state index contributed by atoms with van der Waals surface area (Å²) in [6, 6.07) is 0. The lowest BCUT2D eigenvalue weighted by molar-refractivity contribution is 0.125. The Bertz CT molecular complexity index is 346. The zero-order valence-corrected chi connectivity index (χ0v) is 18.0. The van der Waals surface area contributed by atoms with Crippen molar-refractivity contribution in [1.29, 1.82) is 0 Å². The fourth-order valence-corrected chi connectivity index (χ4v) is 3.32. The summed E-state index contributed by atoms with van der Waals surface area (Å²) < 4.78 is 27.9. The molecule has 10 heteroatoms. The second-order valence-electron chi connectivity index (χ2n) is 6.21. The Balaban J connectivity index is 0. The molecule has 0 bridgehead atoms. The highest BCUT2D eigenvalue weighted by Gasteiger charge is 2.27. The van der Waals surface area contributed by atoms with Crippen molar-refractivity contribution in [1.82, 2.24) is 0 Å². The fourth-order valence-electron chi connectivity index (χ4n) is 2.21. The van der Waals surface area contributed by atoms with Crippen LogP contribution < -0.4 is 0 Å². The van der Waals surface area contributed by atoms with E-state index < -0.39 is 15.6 Å². The van der Waals surface area contributed by atoms with E-state index in [4.69, 9.17) is 24.3 Å². The number of rotatable bonds is 16. The van der Waals surface area contributed by atoms with Crippen molar-refractivity contribution in [2.24, 2.45) is 0 Å². The summed E-state index contributed by atoms with van der Waals surface area (Å²) in [5, 5.41) is 0. The van der Waals surface area contributed by atoms with Gasteiger partial charge in [0.25, 0.3) is 0 Å². The molecule has 4 N–H and O–H groups in total. The number of unbranched alkanes of at least 4 members (excludes halogenated alkanes) is 10. The second-order valence-corrected chi connectivity index (χ2v) is 8.83.